The predicted octanol–water partition coefficient (Wildman–Crippen LogP) is 2.66. The summed E-state index contributed by atoms with van der Waals surface area (Å²) in [7, 11) is 1.52. The normalized spacial score (nSPS) is 25.1. The lowest BCUT2D eigenvalue weighted by molar-refractivity contribution is -0.132. The van der Waals surface area contributed by atoms with Crippen LogP contribution in [0.15, 0.2) is 54.9 Å². The van der Waals surface area contributed by atoms with Gasteiger partial charge in [-0.3, -0.25) is 4.79 Å². The Morgan fingerprint density at radius 2 is 2.00 bits per heavy atom. The van der Waals surface area contributed by atoms with Crippen molar-refractivity contribution >= 4 is 34.5 Å². The summed E-state index contributed by atoms with van der Waals surface area (Å²) < 4.78 is 15.0. The number of fused-ring (bicyclic) bond motifs is 2. The lowest BCUT2D eigenvalue weighted by atomic mass is 9.98. The number of imidazole rings is 1. The van der Waals surface area contributed by atoms with Gasteiger partial charge in [0.2, 0.25) is 11.7 Å². The van der Waals surface area contributed by atoms with Crippen molar-refractivity contribution in [1.82, 2.24) is 24.8 Å². The first-order valence-electron chi connectivity index (χ1n) is 12.4. The molecule has 11 heteroatoms. The molecule has 0 bridgehead atoms. The Morgan fingerprint density at radius 1 is 1.21 bits per heavy atom. The maximum Gasteiger partial charge on any atom is 0.229 e. The van der Waals surface area contributed by atoms with E-state index in [4.69, 9.17) is 11.6 Å². The second-order valence-electron chi connectivity index (χ2n) is 9.82. The second kappa shape index (κ2) is 9.61. The number of aromatic nitrogens is 4. The summed E-state index contributed by atoms with van der Waals surface area (Å²) in [5.74, 6) is 5.54. The van der Waals surface area contributed by atoms with E-state index in [1.807, 2.05) is 18.2 Å². The number of amides is 1. The van der Waals surface area contributed by atoms with Gasteiger partial charge in [0.25, 0.3) is 0 Å². The minimum Gasteiger partial charge on any atom is -0.389 e. The Morgan fingerprint density at radius 3 is 2.74 bits per heavy atom. The van der Waals surface area contributed by atoms with Gasteiger partial charge in [-0.25, -0.2) is 19.3 Å². The van der Waals surface area contributed by atoms with Crippen LogP contribution < -0.4 is 10.6 Å². The third-order valence-electron chi connectivity index (χ3n) is 7.58. The molecule has 4 N–H and O–H groups in total. The molecule has 2 unspecified atom stereocenters. The van der Waals surface area contributed by atoms with Crippen LogP contribution in [0.2, 0.25) is 5.02 Å². The summed E-state index contributed by atoms with van der Waals surface area (Å²) in [6.45, 7) is 0.400. The van der Waals surface area contributed by atoms with Gasteiger partial charge < -0.3 is 25.4 Å². The third kappa shape index (κ3) is 4.29. The average molecular weight is 547 g/mol. The van der Waals surface area contributed by atoms with Crippen LogP contribution >= 0.6 is 11.6 Å². The molecule has 198 valence electrons. The van der Waals surface area contributed by atoms with Gasteiger partial charge in [-0.2, -0.15) is 0 Å². The van der Waals surface area contributed by atoms with Gasteiger partial charge in [0.05, 0.1) is 23.9 Å². The molecule has 2 saturated carbocycles. The average Bonchev–Trinajstić information content (AvgIpc) is 3.47. The lowest BCUT2D eigenvalue weighted by Crippen LogP contribution is -2.41. The number of aliphatic hydroxyl groups is 2. The van der Waals surface area contributed by atoms with Crippen LogP contribution in [0.25, 0.3) is 11.2 Å². The second-order valence-corrected chi connectivity index (χ2v) is 10.3. The number of carbonyl (C=O) groups is 1. The zero-order valence-electron chi connectivity index (χ0n) is 20.8. The van der Waals surface area contributed by atoms with Crippen LogP contribution in [0.1, 0.15) is 29.4 Å². The molecule has 1 amide bonds. The number of halogens is 2. The number of nitrogens with zero attached hydrogens (tertiary/aromatic N) is 4. The Labute approximate surface area is 228 Å². The molecule has 0 aliphatic heterocycles. The number of hydrogen-bond donors (Lipinski definition) is 4. The number of carbonyl (C=O) groups excluding carboxylic acids is 1. The zero-order valence-corrected chi connectivity index (χ0v) is 21.5. The summed E-state index contributed by atoms with van der Waals surface area (Å²) in [4.78, 5) is 26.3. The largest absolute Gasteiger partial charge is 0.389 e. The van der Waals surface area contributed by atoms with Crippen molar-refractivity contribution in [2.75, 3.05) is 12.4 Å². The number of hydrogen-bond acceptors (Lipinski definition) is 7. The molecule has 39 heavy (non-hydrogen) atoms. The van der Waals surface area contributed by atoms with Crippen molar-refractivity contribution in [3.8, 4) is 11.8 Å². The summed E-state index contributed by atoms with van der Waals surface area (Å²) in [5, 5.41) is 28.3. The van der Waals surface area contributed by atoms with Crippen molar-refractivity contribution in [3.05, 3.63) is 82.6 Å². The molecule has 6 rings (SSSR count). The van der Waals surface area contributed by atoms with Crippen LogP contribution in [-0.2, 0) is 11.3 Å². The van der Waals surface area contributed by atoms with Crippen LogP contribution in [-0.4, -0.2) is 54.9 Å². The van der Waals surface area contributed by atoms with Gasteiger partial charge in [0.1, 0.15) is 11.9 Å². The van der Waals surface area contributed by atoms with Gasteiger partial charge >= 0.3 is 0 Å². The van der Waals surface area contributed by atoms with E-state index in [2.05, 4.69) is 37.4 Å². The SMILES string of the molecule is CNC(=O)[C@]12CC1[C@@H](n1cnc3c(NCc4cccc(Cl)c4)nc(C#Cc4ccc(F)cc4)nc31)C(O)[C@@H]2O. The number of rotatable bonds is 5. The molecule has 2 heterocycles. The lowest BCUT2D eigenvalue weighted by Gasteiger charge is -2.23. The highest BCUT2D eigenvalue weighted by atomic mass is 35.5. The number of anilines is 1. The first-order valence-corrected chi connectivity index (χ1v) is 12.8. The molecule has 0 saturated heterocycles. The molecular formula is C28H24ClFN6O3. The van der Waals surface area contributed by atoms with Gasteiger partial charge in [-0.15, -0.1) is 0 Å². The smallest absolute Gasteiger partial charge is 0.229 e. The van der Waals surface area contributed by atoms with E-state index in [-0.39, 0.29) is 23.5 Å². The summed E-state index contributed by atoms with van der Waals surface area (Å²) in [6, 6.07) is 12.5. The fraction of sp³-hybridized carbons (Fsp3) is 0.286. The first kappa shape index (κ1) is 25.2. The fourth-order valence-corrected chi connectivity index (χ4v) is 5.81. The maximum absolute atomic E-state index is 13.3. The van der Waals surface area contributed by atoms with Crippen LogP contribution in [0, 0.1) is 29.0 Å². The minimum atomic E-state index is -1.22. The Kier molecular flexibility index (Phi) is 6.22. The molecule has 2 aromatic carbocycles. The van der Waals surface area contributed by atoms with Gasteiger partial charge in [-0.1, -0.05) is 29.7 Å². The van der Waals surface area contributed by atoms with E-state index < -0.39 is 23.7 Å². The van der Waals surface area contributed by atoms with Crippen molar-refractivity contribution < 1.29 is 19.4 Å². The topological polar surface area (TPSA) is 125 Å². The van der Waals surface area contributed by atoms with Gasteiger partial charge in [0, 0.05) is 30.1 Å². The van der Waals surface area contributed by atoms with Crippen molar-refractivity contribution in [2.24, 2.45) is 11.3 Å². The van der Waals surface area contributed by atoms with Crippen LogP contribution in [0.5, 0.6) is 0 Å². The van der Waals surface area contributed by atoms with E-state index in [0.717, 1.165) is 5.56 Å². The van der Waals surface area contributed by atoms with Gasteiger partial charge in [0.15, 0.2) is 17.0 Å². The monoisotopic (exact) mass is 546 g/mol. The summed E-state index contributed by atoms with van der Waals surface area (Å²) >= 11 is 6.14. The van der Waals surface area contributed by atoms with E-state index >= 15 is 0 Å². The Balaban J connectivity index is 1.41. The molecule has 5 atom stereocenters. The summed E-state index contributed by atoms with van der Waals surface area (Å²) in [5.41, 5.74) is 1.32. The fourth-order valence-electron chi connectivity index (χ4n) is 5.59. The molecule has 2 aliphatic rings. The number of nitrogens with one attached hydrogen (secondary N) is 2. The standard InChI is InChI=1S/C28H24ClFN6O3/c1-31-27(39)28-12-19(28)22(23(37)24(28)38)36-14-33-21-25(32-13-16-3-2-4-17(29)11-16)34-20(35-26(21)36)10-7-15-5-8-18(30)9-6-15/h2-6,8-9,11,14,19,22-24,37-38H,12-13H2,1H3,(H,31,39)(H,32,34,35)/t19?,22-,23?,24+,28-/m1/s1. The Bertz CT molecular complexity index is 1650. The molecular weight excluding hydrogens is 523 g/mol. The molecule has 4 aromatic rings. The van der Waals surface area contributed by atoms with Gasteiger partial charge in [-0.05, 0) is 54.3 Å². The molecule has 2 aromatic heterocycles. The highest BCUT2D eigenvalue weighted by Crippen LogP contribution is 2.67. The van der Waals surface area contributed by atoms with Crippen LogP contribution in [0.3, 0.4) is 0 Å². The van der Waals surface area contributed by atoms with Crippen LogP contribution in [0.4, 0.5) is 10.2 Å². The van der Waals surface area contributed by atoms with E-state index in [1.54, 1.807) is 29.1 Å². The van der Waals surface area contributed by atoms with Crippen molar-refractivity contribution in [3.63, 3.8) is 0 Å². The molecule has 9 nitrogen and oxygen atoms in total. The third-order valence-corrected chi connectivity index (χ3v) is 7.81. The zero-order chi connectivity index (χ0) is 27.3. The molecule has 0 spiro atoms. The highest BCUT2D eigenvalue weighted by Gasteiger charge is 2.75. The van der Waals surface area contributed by atoms with E-state index in [9.17, 15) is 19.4 Å². The Hall–Kier alpha value is -4.04. The minimum absolute atomic E-state index is 0.184. The number of benzene rings is 2. The molecule has 2 fully saturated rings. The first-order chi connectivity index (χ1) is 18.8. The van der Waals surface area contributed by atoms with E-state index in [0.29, 0.717) is 40.5 Å². The molecule has 0 radical (unpaired) electrons. The van der Waals surface area contributed by atoms with E-state index in [1.165, 1.54) is 19.2 Å². The van der Waals surface area contributed by atoms with Crippen molar-refractivity contribution in [2.45, 2.75) is 31.2 Å². The predicted molar refractivity (Wildman–Crippen MR) is 142 cm³/mol. The quantitative estimate of drug-likeness (QED) is 0.284. The van der Waals surface area contributed by atoms with Crippen molar-refractivity contribution in [1.29, 1.82) is 0 Å². The number of aliphatic hydroxyl groups excluding tert-OH is 2. The summed E-state index contributed by atoms with van der Waals surface area (Å²) in [6.07, 6.45) is -0.424. The molecule has 2 aliphatic carbocycles. The maximum atomic E-state index is 13.3. The highest BCUT2D eigenvalue weighted by molar-refractivity contribution is 6.30.